The van der Waals surface area contributed by atoms with Crippen LogP contribution in [0.1, 0.15) is 0 Å². The van der Waals surface area contributed by atoms with E-state index in [2.05, 4.69) is 20.7 Å². The SMILES string of the molecule is O=S(=O)(Nc1cccc(F)c1I)c1ccc(Br)cc1. The van der Waals surface area contributed by atoms with Gasteiger partial charge in [-0.25, -0.2) is 12.8 Å². The molecule has 19 heavy (non-hydrogen) atoms. The average molecular weight is 456 g/mol. The standard InChI is InChI=1S/C12H8BrFINO2S/c13-8-4-6-9(7-5-8)19(17,18)16-11-3-1-2-10(14)12(11)15/h1-7,16H. The third-order valence-corrected chi connectivity index (χ3v) is 5.33. The van der Waals surface area contributed by atoms with Crippen molar-refractivity contribution in [1.29, 1.82) is 0 Å². The highest BCUT2D eigenvalue weighted by Crippen LogP contribution is 2.24. The molecule has 0 aliphatic rings. The van der Waals surface area contributed by atoms with E-state index in [1.54, 1.807) is 34.7 Å². The summed E-state index contributed by atoms with van der Waals surface area (Å²) >= 11 is 4.99. The summed E-state index contributed by atoms with van der Waals surface area (Å²) in [6, 6.07) is 10.4. The Morgan fingerprint density at radius 2 is 1.74 bits per heavy atom. The summed E-state index contributed by atoms with van der Waals surface area (Å²) in [4.78, 5) is 0.121. The lowest BCUT2D eigenvalue weighted by Crippen LogP contribution is -2.14. The lowest BCUT2D eigenvalue weighted by atomic mass is 10.3. The Bertz CT molecular complexity index is 704. The largest absolute Gasteiger partial charge is 0.278 e. The Labute approximate surface area is 132 Å². The first-order chi connectivity index (χ1) is 8.90. The molecule has 2 rings (SSSR count). The zero-order valence-electron chi connectivity index (χ0n) is 9.40. The van der Waals surface area contributed by atoms with Gasteiger partial charge >= 0.3 is 0 Å². The zero-order chi connectivity index (χ0) is 14.0. The van der Waals surface area contributed by atoms with Crippen LogP contribution in [0.2, 0.25) is 0 Å². The van der Waals surface area contributed by atoms with Crippen molar-refractivity contribution in [3.05, 3.63) is 56.3 Å². The Balaban J connectivity index is 2.36. The van der Waals surface area contributed by atoms with Crippen LogP contribution < -0.4 is 4.72 Å². The van der Waals surface area contributed by atoms with E-state index in [4.69, 9.17) is 0 Å². The molecule has 7 heteroatoms. The molecule has 2 aromatic carbocycles. The number of rotatable bonds is 3. The van der Waals surface area contributed by atoms with Crippen molar-refractivity contribution in [1.82, 2.24) is 0 Å². The highest BCUT2D eigenvalue weighted by Gasteiger charge is 2.16. The molecule has 100 valence electrons. The number of halogens is 3. The Kier molecular flexibility index (Phi) is 4.46. The van der Waals surface area contributed by atoms with Crippen LogP contribution >= 0.6 is 38.5 Å². The monoisotopic (exact) mass is 455 g/mol. The molecule has 0 unspecified atom stereocenters. The van der Waals surface area contributed by atoms with Crippen molar-refractivity contribution in [2.24, 2.45) is 0 Å². The van der Waals surface area contributed by atoms with Crippen molar-refractivity contribution in [2.75, 3.05) is 4.72 Å². The minimum absolute atomic E-state index is 0.121. The molecule has 0 heterocycles. The van der Waals surface area contributed by atoms with Crippen molar-refractivity contribution in [3.63, 3.8) is 0 Å². The molecular formula is C12H8BrFINO2S. The van der Waals surface area contributed by atoms with Gasteiger partial charge in [0.1, 0.15) is 5.82 Å². The fourth-order valence-corrected chi connectivity index (χ4v) is 3.41. The van der Waals surface area contributed by atoms with Gasteiger partial charge in [0.15, 0.2) is 0 Å². The molecular weight excluding hydrogens is 448 g/mol. The van der Waals surface area contributed by atoms with Crippen LogP contribution in [0.4, 0.5) is 10.1 Å². The third kappa shape index (κ3) is 3.46. The summed E-state index contributed by atoms with van der Waals surface area (Å²) < 4.78 is 41.0. The molecule has 0 amide bonds. The van der Waals surface area contributed by atoms with Gasteiger partial charge in [-0.2, -0.15) is 0 Å². The van der Waals surface area contributed by atoms with Gasteiger partial charge in [0.05, 0.1) is 14.2 Å². The number of nitrogens with one attached hydrogen (secondary N) is 1. The molecule has 0 aromatic heterocycles. The smallest absolute Gasteiger partial charge is 0.261 e. The summed E-state index contributed by atoms with van der Waals surface area (Å²) in [7, 11) is -3.71. The Hall–Kier alpha value is -0.670. The Morgan fingerprint density at radius 1 is 1.11 bits per heavy atom. The highest BCUT2D eigenvalue weighted by molar-refractivity contribution is 14.1. The van der Waals surface area contributed by atoms with Gasteiger partial charge in [-0.3, -0.25) is 4.72 Å². The summed E-state index contributed by atoms with van der Waals surface area (Å²) in [6.07, 6.45) is 0. The molecule has 1 N–H and O–H groups in total. The lowest BCUT2D eigenvalue weighted by Gasteiger charge is -2.10. The van der Waals surface area contributed by atoms with Gasteiger partial charge in [0.25, 0.3) is 10.0 Å². The van der Waals surface area contributed by atoms with Gasteiger partial charge < -0.3 is 0 Å². The zero-order valence-corrected chi connectivity index (χ0v) is 14.0. The maximum absolute atomic E-state index is 13.4. The quantitative estimate of drug-likeness (QED) is 0.711. The number of hydrogen-bond acceptors (Lipinski definition) is 2. The number of sulfonamides is 1. The van der Waals surface area contributed by atoms with E-state index < -0.39 is 15.8 Å². The van der Waals surface area contributed by atoms with Crippen LogP contribution in [0.5, 0.6) is 0 Å². The van der Waals surface area contributed by atoms with Crippen LogP contribution in [-0.2, 0) is 10.0 Å². The third-order valence-electron chi connectivity index (χ3n) is 2.32. The van der Waals surface area contributed by atoms with Crippen LogP contribution in [0.15, 0.2) is 51.8 Å². The second-order valence-corrected chi connectivity index (χ2v) is 7.34. The van der Waals surface area contributed by atoms with Crippen LogP contribution in [0, 0.1) is 9.39 Å². The van der Waals surface area contributed by atoms with E-state index in [0.29, 0.717) is 0 Å². The van der Waals surface area contributed by atoms with Crippen molar-refractivity contribution < 1.29 is 12.8 Å². The second-order valence-electron chi connectivity index (χ2n) is 3.66. The van der Waals surface area contributed by atoms with E-state index in [1.807, 2.05) is 0 Å². The van der Waals surface area contributed by atoms with Crippen LogP contribution in [-0.4, -0.2) is 8.42 Å². The number of anilines is 1. The maximum Gasteiger partial charge on any atom is 0.261 e. The minimum Gasteiger partial charge on any atom is -0.278 e. The molecule has 0 bridgehead atoms. The van der Waals surface area contributed by atoms with Crippen molar-refractivity contribution in [2.45, 2.75) is 4.90 Å². The van der Waals surface area contributed by atoms with Crippen LogP contribution in [0.25, 0.3) is 0 Å². The van der Waals surface area contributed by atoms with E-state index in [-0.39, 0.29) is 14.2 Å². The number of benzene rings is 2. The van der Waals surface area contributed by atoms with E-state index in [1.165, 1.54) is 30.3 Å². The van der Waals surface area contributed by atoms with E-state index in [9.17, 15) is 12.8 Å². The maximum atomic E-state index is 13.4. The van der Waals surface area contributed by atoms with Crippen molar-refractivity contribution in [3.8, 4) is 0 Å². The molecule has 0 radical (unpaired) electrons. The summed E-state index contributed by atoms with van der Waals surface area (Å²) in [6.45, 7) is 0. The fourth-order valence-electron chi connectivity index (χ4n) is 1.40. The molecule has 0 fully saturated rings. The van der Waals surface area contributed by atoms with Gasteiger partial charge in [-0.05, 0) is 59.0 Å². The first-order valence-electron chi connectivity index (χ1n) is 5.12. The minimum atomic E-state index is -3.71. The van der Waals surface area contributed by atoms with Gasteiger partial charge in [0.2, 0.25) is 0 Å². The molecule has 0 saturated carbocycles. The summed E-state index contributed by atoms with van der Waals surface area (Å²) in [5, 5.41) is 0. The molecule has 0 aliphatic heterocycles. The van der Waals surface area contributed by atoms with Crippen LogP contribution in [0.3, 0.4) is 0 Å². The van der Waals surface area contributed by atoms with Gasteiger partial charge in [-0.1, -0.05) is 22.0 Å². The van der Waals surface area contributed by atoms with E-state index >= 15 is 0 Å². The molecule has 0 atom stereocenters. The predicted octanol–water partition coefficient (Wildman–Crippen LogP) is 3.99. The first kappa shape index (κ1) is 14.7. The van der Waals surface area contributed by atoms with Gasteiger partial charge in [0, 0.05) is 4.47 Å². The number of hydrogen-bond donors (Lipinski definition) is 1. The van der Waals surface area contributed by atoms with Crippen molar-refractivity contribution >= 4 is 54.2 Å². The van der Waals surface area contributed by atoms with Gasteiger partial charge in [-0.15, -0.1) is 0 Å². The normalized spacial score (nSPS) is 11.3. The fraction of sp³-hybridized carbons (Fsp3) is 0. The molecule has 0 aliphatic carbocycles. The Morgan fingerprint density at radius 3 is 2.37 bits per heavy atom. The summed E-state index contributed by atoms with van der Waals surface area (Å²) in [5.74, 6) is -0.461. The molecule has 0 spiro atoms. The molecule has 3 nitrogen and oxygen atoms in total. The lowest BCUT2D eigenvalue weighted by molar-refractivity contribution is 0.601. The molecule has 0 saturated heterocycles. The average Bonchev–Trinajstić information content (AvgIpc) is 2.35. The topological polar surface area (TPSA) is 46.2 Å². The molecule has 2 aromatic rings. The first-order valence-corrected chi connectivity index (χ1v) is 8.48. The summed E-state index contributed by atoms with van der Waals surface area (Å²) in [5.41, 5.74) is 0.225. The second kappa shape index (κ2) is 5.76. The predicted molar refractivity (Wildman–Crippen MR) is 84.1 cm³/mol. The van der Waals surface area contributed by atoms with E-state index in [0.717, 1.165) is 4.47 Å². The highest BCUT2D eigenvalue weighted by atomic mass is 127.